The Balaban J connectivity index is 1.91. The highest BCUT2D eigenvalue weighted by atomic mass is 32.2. The Kier molecular flexibility index (Phi) is 7.12. The van der Waals surface area contributed by atoms with E-state index in [1.807, 2.05) is 30.3 Å². The van der Waals surface area contributed by atoms with Crippen molar-refractivity contribution in [1.82, 2.24) is 4.31 Å². The van der Waals surface area contributed by atoms with Crippen LogP contribution in [-0.4, -0.2) is 49.6 Å². The molecule has 0 aromatic heterocycles. The predicted molar refractivity (Wildman–Crippen MR) is 112 cm³/mol. The summed E-state index contributed by atoms with van der Waals surface area (Å²) in [5.74, 6) is -0.657. The first kappa shape index (κ1) is 22.3. The normalized spacial score (nSPS) is 20.4. The molecule has 0 amide bonds. The van der Waals surface area contributed by atoms with E-state index >= 15 is 0 Å². The highest BCUT2D eigenvalue weighted by Gasteiger charge is 2.51. The van der Waals surface area contributed by atoms with Crippen LogP contribution in [0.25, 0.3) is 0 Å². The molecule has 0 saturated carbocycles. The van der Waals surface area contributed by atoms with E-state index in [0.29, 0.717) is 18.6 Å². The average molecular weight is 434 g/mol. The van der Waals surface area contributed by atoms with Gasteiger partial charge in [-0.2, -0.15) is 4.31 Å². The topological polar surface area (TPSA) is 93.1 Å². The molecule has 8 heteroatoms. The van der Waals surface area contributed by atoms with Crippen molar-refractivity contribution in [2.75, 3.05) is 20.3 Å². The summed E-state index contributed by atoms with van der Waals surface area (Å²) in [5, 5.41) is 10.2. The van der Waals surface area contributed by atoms with Gasteiger partial charge in [0.25, 0.3) is 0 Å². The van der Waals surface area contributed by atoms with Crippen LogP contribution >= 0.6 is 0 Å². The van der Waals surface area contributed by atoms with Crippen molar-refractivity contribution in [3.05, 3.63) is 60.2 Å². The Morgan fingerprint density at radius 1 is 1.07 bits per heavy atom. The molecule has 3 rings (SSSR count). The fraction of sp³-hybridized carbons (Fsp3) is 0.409. The zero-order chi connectivity index (χ0) is 21.6. The molecule has 1 saturated heterocycles. The monoisotopic (exact) mass is 433 g/mol. The Hall–Kier alpha value is -2.42. The second kappa shape index (κ2) is 9.59. The summed E-state index contributed by atoms with van der Waals surface area (Å²) in [6, 6.07) is 15.4. The van der Waals surface area contributed by atoms with Crippen LogP contribution in [0.4, 0.5) is 0 Å². The van der Waals surface area contributed by atoms with Crippen LogP contribution in [-0.2, 0) is 26.2 Å². The lowest BCUT2D eigenvalue weighted by Gasteiger charge is -2.38. The summed E-state index contributed by atoms with van der Waals surface area (Å²) in [6.45, 7) is 0.133. The Labute approximate surface area is 177 Å². The first-order valence-electron chi connectivity index (χ1n) is 9.92. The molecule has 162 valence electrons. The molecule has 30 heavy (non-hydrogen) atoms. The summed E-state index contributed by atoms with van der Waals surface area (Å²) >= 11 is 0. The van der Waals surface area contributed by atoms with E-state index in [2.05, 4.69) is 0 Å². The molecular formula is C22H27NO6S. The molecule has 1 atom stereocenters. The highest BCUT2D eigenvalue weighted by Crippen LogP contribution is 2.34. The number of ether oxygens (including phenoxy) is 2. The standard InChI is InChI=1S/C22H27NO6S/c1-28-19-10-12-20(13-11-19)30(26,27)23-15-7-3-6-14-22(23,21(24)25)17-29-16-18-8-4-2-5-9-18/h2,4-5,8-13H,3,6-7,14-17H2,1H3,(H,24,25). The molecule has 7 nitrogen and oxygen atoms in total. The van der Waals surface area contributed by atoms with Gasteiger partial charge in [-0.3, -0.25) is 4.79 Å². The van der Waals surface area contributed by atoms with Crippen molar-refractivity contribution in [2.24, 2.45) is 0 Å². The van der Waals surface area contributed by atoms with Gasteiger partial charge < -0.3 is 14.6 Å². The molecule has 1 unspecified atom stereocenters. The SMILES string of the molecule is COc1ccc(S(=O)(=O)N2CCCCCC2(COCc2ccccc2)C(=O)O)cc1. The molecule has 2 aromatic carbocycles. The minimum Gasteiger partial charge on any atom is -0.497 e. The van der Waals surface area contributed by atoms with E-state index in [0.717, 1.165) is 16.3 Å². The zero-order valence-electron chi connectivity index (χ0n) is 17.0. The van der Waals surface area contributed by atoms with Gasteiger partial charge in [0.2, 0.25) is 10.0 Å². The van der Waals surface area contributed by atoms with Gasteiger partial charge in [-0.25, -0.2) is 8.42 Å². The lowest BCUT2D eigenvalue weighted by Crippen LogP contribution is -2.59. The first-order valence-corrected chi connectivity index (χ1v) is 11.4. The molecule has 0 aliphatic carbocycles. The highest BCUT2D eigenvalue weighted by molar-refractivity contribution is 7.89. The summed E-state index contributed by atoms with van der Waals surface area (Å²) in [7, 11) is -2.54. The lowest BCUT2D eigenvalue weighted by molar-refractivity contribution is -0.153. The Morgan fingerprint density at radius 2 is 1.77 bits per heavy atom. The number of benzene rings is 2. The van der Waals surface area contributed by atoms with Crippen LogP contribution in [0.3, 0.4) is 0 Å². The molecule has 0 radical (unpaired) electrons. The third-order valence-corrected chi connectivity index (χ3v) is 7.41. The van der Waals surface area contributed by atoms with Crippen molar-refractivity contribution in [1.29, 1.82) is 0 Å². The van der Waals surface area contributed by atoms with E-state index in [1.54, 1.807) is 12.1 Å². The van der Waals surface area contributed by atoms with Crippen LogP contribution in [0.1, 0.15) is 31.2 Å². The van der Waals surface area contributed by atoms with Gasteiger partial charge in [0, 0.05) is 6.54 Å². The number of nitrogens with zero attached hydrogens (tertiary/aromatic N) is 1. The van der Waals surface area contributed by atoms with Crippen LogP contribution in [0, 0.1) is 0 Å². The minimum absolute atomic E-state index is 0.0406. The van der Waals surface area contributed by atoms with E-state index in [1.165, 1.54) is 19.2 Å². The first-order chi connectivity index (χ1) is 14.4. The largest absolute Gasteiger partial charge is 0.497 e. The number of carboxylic acid groups (broad SMARTS) is 1. The number of sulfonamides is 1. The number of hydrogen-bond donors (Lipinski definition) is 1. The number of rotatable bonds is 8. The quantitative estimate of drug-likeness (QED) is 0.687. The minimum atomic E-state index is -4.04. The number of carboxylic acids is 1. The van der Waals surface area contributed by atoms with Crippen molar-refractivity contribution in [3.8, 4) is 5.75 Å². The summed E-state index contributed by atoms with van der Waals surface area (Å²) in [6.07, 6.45) is 2.19. The predicted octanol–water partition coefficient (Wildman–Crippen LogP) is 3.30. The lowest BCUT2D eigenvalue weighted by atomic mass is 9.94. The number of aliphatic carboxylic acids is 1. The second-order valence-corrected chi connectivity index (χ2v) is 9.24. The smallest absolute Gasteiger partial charge is 0.327 e. The molecule has 0 bridgehead atoms. The molecule has 1 N–H and O–H groups in total. The summed E-state index contributed by atoms with van der Waals surface area (Å²) in [5.41, 5.74) is -0.749. The summed E-state index contributed by atoms with van der Waals surface area (Å²) < 4.78 is 38.9. The van der Waals surface area contributed by atoms with Crippen molar-refractivity contribution in [2.45, 2.75) is 42.7 Å². The van der Waals surface area contributed by atoms with Gasteiger partial charge in [0.05, 0.1) is 25.2 Å². The summed E-state index contributed by atoms with van der Waals surface area (Å²) in [4.78, 5) is 12.5. The maximum Gasteiger partial charge on any atom is 0.327 e. The number of hydrogen-bond acceptors (Lipinski definition) is 5. The van der Waals surface area contributed by atoms with E-state index in [9.17, 15) is 18.3 Å². The van der Waals surface area contributed by atoms with Gasteiger partial charge in [-0.1, -0.05) is 43.2 Å². The van der Waals surface area contributed by atoms with Gasteiger partial charge >= 0.3 is 5.97 Å². The molecule has 1 heterocycles. The van der Waals surface area contributed by atoms with Gasteiger partial charge in [-0.15, -0.1) is 0 Å². The zero-order valence-corrected chi connectivity index (χ0v) is 17.8. The molecule has 2 aromatic rings. The Bertz CT molecular complexity index is 945. The molecule has 0 spiro atoms. The number of methoxy groups -OCH3 is 1. The average Bonchev–Trinajstić information content (AvgIpc) is 2.98. The third kappa shape index (κ3) is 4.66. The number of carbonyl (C=O) groups is 1. The molecule has 1 aliphatic rings. The van der Waals surface area contributed by atoms with Crippen molar-refractivity contribution < 1.29 is 27.8 Å². The molecule has 1 fully saturated rings. The fourth-order valence-electron chi connectivity index (χ4n) is 3.74. The molecule has 1 aliphatic heterocycles. The van der Waals surface area contributed by atoms with Gasteiger partial charge in [-0.05, 0) is 42.7 Å². The molecular weight excluding hydrogens is 406 g/mol. The van der Waals surface area contributed by atoms with Gasteiger partial charge in [0.1, 0.15) is 5.75 Å². The third-order valence-electron chi connectivity index (χ3n) is 5.43. The van der Waals surface area contributed by atoms with Crippen LogP contribution in [0.15, 0.2) is 59.5 Å². The van der Waals surface area contributed by atoms with Gasteiger partial charge in [0.15, 0.2) is 5.54 Å². The van der Waals surface area contributed by atoms with Crippen molar-refractivity contribution in [3.63, 3.8) is 0 Å². The van der Waals surface area contributed by atoms with Crippen LogP contribution < -0.4 is 4.74 Å². The van der Waals surface area contributed by atoms with E-state index in [4.69, 9.17) is 9.47 Å². The van der Waals surface area contributed by atoms with Crippen LogP contribution in [0.2, 0.25) is 0 Å². The maximum atomic E-state index is 13.5. The second-order valence-electron chi connectivity index (χ2n) is 7.38. The Morgan fingerprint density at radius 3 is 2.40 bits per heavy atom. The van der Waals surface area contributed by atoms with Crippen molar-refractivity contribution >= 4 is 16.0 Å². The van der Waals surface area contributed by atoms with E-state index < -0.39 is 21.5 Å². The van der Waals surface area contributed by atoms with Crippen LogP contribution in [0.5, 0.6) is 5.75 Å². The fourth-order valence-corrected chi connectivity index (χ4v) is 5.53. The maximum absolute atomic E-state index is 13.5. The van der Waals surface area contributed by atoms with E-state index in [-0.39, 0.29) is 31.1 Å².